The maximum Gasteiger partial charge on any atom is 0.150 e. The summed E-state index contributed by atoms with van der Waals surface area (Å²) in [6, 6.07) is 7.51. The zero-order valence-electron chi connectivity index (χ0n) is 9.56. The summed E-state index contributed by atoms with van der Waals surface area (Å²) in [5.74, 6) is 2.28. The van der Waals surface area contributed by atoms with Crippen LogP contribution in [0.2, 0.25) is 0 Å². The Morgan fingerprint density at radius 1 is 1.35 bits per heavy atom. The van der Waals surface area contributed by atoms with Crippen molar-refractivity contribution in [2.24, 2.45) is 0 Å². The number of anilines is 1. The Morgan fingerprint density at radius 3 is 3.00 bits per heavy atom. The SMILES string of the molecule is N#Cc1cc(C=O)ccc1N1CCCSCC1. The molecule has 1 fully saturated rings. The predicted octanol–water partition coefficient (Wildman–Crippen LogP) is 2.31. The molecule has 0 bridgehead atoms. The van der Waals surface area contributed by atoms with Crippen LogP contribution in [-0.2, 0) is 0 Å². The van der Waals surface area contributed by atoms with Crippen LogP contribution in [0.25, 0.3) is 0 Å². The van der Waals surface area contributed by atoms with E-state index in [9.17, 15) is 4.79 Å². The molecule has 0 N–H and O–H groups in total. The van der Waals surface area contributed by atoms with E-state index in [1.807, 2.05) is 17.8 Å². The van der Waals surface area contributed by atoms with Crippen molar-refractivity contribution in [2.75, 3.05) is 29.5 Å². The molecule has 1 aliphatic heterocycles. The van der Waals surface area contributed by atoms with Gasteiger partial charge in [-0.25, -0.2) is 0 Å². The second-order valence-corrected chi connectivity index (χ2v) is 5.18. The first-order chi connectivity index (χ1) is 8.35. The minimum absolute atomic E-state index is 0.564. The van der Waals surface area contributed by atoms with Crippen LogP contribution < -0.4 is 4.90 Å². The number of rotatable bonds is 2. The first-order valence-electron chi connectivity index (χ1n) is 5.67. The van der Waals surface area contributed by atoms with Crippen LogP contribution in [0, 0.1) is 11.3 Å². The van der Waals surface area contributed by atoms with Gasteiger partial charge in [0.25, 0.3) is 0 Å². The van der Waals surface area contributed by atoms with E-state index in [2.05, 4.69) is 11.0 Å². The van der Waals surface area contributed by atoms with Crippen LogP contribution in [0.15, 0.2) is 18.2 Å². The van der Waals surface area contributed by atoms with Crippen LogP contribution in [-0.4, -0.2) is 30.9 Å². The topological polar surface area (TPSA) is 44.1 Å². The Morgan fingerprint density at radius 2 is 2.24 bits per heavy atom. The van der Waals surface area contributed by atoms with E-state index in [1.165, 1.54) is 5.75 Å². The number of hydrogen-bond acceptors (Lipinski definition) is 4. The molecule has 1 aromatic carbocycles. The summed E-state index contributed by atoms with van der Waals surface area (Å²) in [6.07, 6.45) is 1.92. The molecule has 4 heteroatoms. The highest BCUT2D eigenvalue weighted by Crippen LogP contribution is 2.23. The van der Waals surface area contributed by atoms with E-state index in [1.54, 1.807) is 12.1 Å². The number of benzene rings is 1. The first kappa shape index (κ1) is 12.0. The molecule has 1 aliphatic rings. The fourth-order valence-corrected chi connectivity index (χ4v) is 2.87. The molecule has 1 saturated heterocycles. The van der Waals surface area contributed by atoms with Crippen molar-refractivity contribution < 1.29 is 4.79 Å². The van der Waals surface area contributed by atoms with Crippen molar-refractivity contribution in [3.05, 3.63) is 29.3 Å². The first-order valence-corrected chi connectivity index (χ1v) is 6.82. The number of carbonyl (C=O) groups is 1. The molecule has 2 rings (SSSR count). The zero-order chi connectivity index (χ0) is 12.1. The Bertz CT molecular complexity index is 445. The number of thioether (sulfide) groups is 1. The van der Waals surface area contributed by atoms with Gasteiger partial charge in [-0.2, -0.15) is 17.0 Å². The van der Waals surface area contributed by atoms with Crippen LogP contribution in [0.5, 0.6) is 0 Å². The molecule has 0 amide bonds. The lowest BCUT2D eigenvalue weighted by atomic mass is 10.1. The van der Waals surface area contributed by atoms with Gasteiger partial charge in [0.15, 0.2) is 0 Å². The minimum atomic E-state index is 0.564. The van der Waals surface area contributed by atoms with E-state index >= 15 is 0 Å². The molecule has 0 unspecified atom stereocenters. The van der Waals surface area contributed by atoms with Gasteiger partial charge >= 0.3 is 0 Å². The quantitative estimate of drug-likeness (QED) is 0.751. The summed E-state index contributed by atoms with van der Waals surface area (Å²) < 4.78 is 0. The summed E-state index contributed by atoms with van der Waals surface area (Å²) in [4.78, 5) is 12.9. The molecular formula is C13H14N2OS. The van der Waals surface area contributed by atoms with Crippen LogP contribution in [0.3, 0.4) is 0 Å². The van der Waals surface area contributed by atoms with E-state index in [-0.39, 0.29) is 0 Å². The highest BCUT2D eigenvalue weighted by Gasteiger charge is 2.13. The maximum absolute atomic E-state index is 10.7. The Balaban J connectivity index is 2.30. The monoisotopic (exact) mass is 246 g/mol. The molecule has 0 aliphatic carbocycles. The molecule has 0 atom stereocenters. The standard InChI is InChI=1S/C13H14N2OS/c14-9-12-8-11(10-16)2-3-13(12)15-4-1-6-17-7-5-15/h2-3,8,10H,1,4-7H2. The molecule has 1 heterocycles. The second-order valence-electron chi connectivity index (χ2n) is 3.96. The van der Waals surface area contributed by atoms with Gasteiger partial charge in [0, 0.05) is 24.4 Å². The molecule has 0 spiro atoms. The fraction of sp³-hybridized carbons (Fsp3) is 0.385. The lowest BCUT2D eigenvalue weighted by molar-refractivity contribution is 0.112. The molecule has 3 nitrogen and oxygen atoms in total. The van der Waals surface area contributed by atoms with E-state index in [0.717, 1.165) is 37.2 Å². The summed E-state index contributed by atoms with van der Waals surface area (Å²) in [6.45, 7) is 1.96. The van der Waals surface area contributed by atoms with Gasteiger partial charge in [-0.1, -0.05) is 0 Å². The van der Waals surface area contributed by atoms with Crippen LogP contribution in [0.1, 0.15) is 22.3 Å². The Hall–Kier alpha value is -1.47. The van der Waals surface area contributed by atoms with Gasteiger partial charge in [-0.15, -0.1) is 0 Å². The number of hydrogen-bond donors (Lipinski definition) is 0. The zero-order valence-corrected chi connectivity index (χ0v) is 10.4. The van der Waals surface area contributed by atoms with E-state index < -0.39 is 0 Å². The third-order valence-corrected chi connectivity index (χ3v) is 3.89. The van der Waals surface area contributed by atoms with E-state index in [4.69, 9.17) is 5.26 Å². The number of nitrogens with zero attached hydrogens (tertiary/aromatic N) is 2. The predicted molar refractivity (Wildman–Crippen MR) is 70.7 cm³/mol. The molecule has 17 heavy (non-hydrogen) atoms. The fourth-order valence-electron chi connectivity index (χ4n) is 1.98. The number of nitriles is 1. The average Bonchev–Trinajstić information content (AvgIpc) is 2.66. The summed E-state index contributed by atoms with van der Waals surface area (Å²) in [7, 11) is 0. The van der Waals surface area contributed by atoms with Crippen molar-refractivity contribution in [1.29, 1.82) is 5.26 Å². The van der Waals surface area contributed by atoms with Crippen molar-refractivity contribution in [3.8, 4) is 6.07 Å². The highest BCUT2D eigenvalue weighted by atomic mass is 32.2. The van der Waals surface area contributed by atoms with Crippen molar-refractivity contribution in [1.82, 2.24) is 0 Å². The molecule has 0 saturated carbocycles. The molecular weight excluding hydrogens is 232 g/mol. The van der Waals surface area contributed by atoms with Gasteiger partial charge in [-0.3, -0.25) is 4.79 Å². The third kappa shape index (κ3) is 2.80. The molecule has 88 valence electrons. The van der Waals surface area contributed by atoms with Gasteiger partial charge in [0.2, 0.25) is 0 Å². The maximum atomic E-state index is 10.7. The highest BCUT2D eigenvalue weighted by molar-refractivity contribution is 7.99. The molecule has 0 aromatic heterocycles. The van der Waals surface area contributed by atoms with Gasteiger partial charge in [0.05, 0.1) is 11.3 Å². The Labute approximate surface area is 105 Å². The van der Waals surface area contributed by atoms with Gasteiger partial charge < -0.3 is 4.90 Å². The van der Waals surface area contributed by atoms with Crippen LogP contribution in [0.4, 0.5) is 5.69 Å². The van der Waals surface area contributed by atoms with Crippen molar-refractivity contribution in [2.45, 2.75) is 6.42 Å². The largest absolute Gasteiger partial charge is 0.370 e. The average molecular weight is 246 g/mol. The van der Waals surface area contributed by atoms with E-state index in [0.29, 0.717) is 11.1 Å². The number of carbonyl (C=O) groups excluding carboxylic acids is 1. The van der Waals surface area contributed by atoms with Crippen LogP contribution >= 0.6 is 11.8 Å². The smallest absolute Gasteiger partial charge is 0.150 e. The van der Waals surface area contributed by atoms with Crippen molar-refractivity contribution >= 4 is 23.7 Å². The van der Waals surface area contributed by atoms with Gasteiger partial charge in [-0.05, 0) is 30.4 Å². The third-order valence-electron chi connectivity index (χ3n) is 2.84. The Kier molecular flexibility index (Phi) is 4.05. The van der Waals surface area contributed by atoms with Gasteiger partial charge in [0.1, 0.15) is 12.4 Å². The summed E-state index contributed by atoms with van der Waals surface area (Å²) >= 11 is 1.95. The summed E-state index contributed by atoms with van der Waals surface area (Å²) in [5, 5.41) is 9.14. The van der Waals surface area contributed by atoms with Crippen molar-refractivity contribution in [3.63, 3.8) is 0 Å². The number of aldehydes is 1. The molecule has 0 radical (unpaired) electrons. The normalized spacial score (nSPS) is 16.1. The molecule has 1 aromatic rings. The summed E-state index contributed by atoms with van der Waals surface area (Å²) in [5.41, 5.74) is 2.12. The second kappa shape index (κ2) is 5.74. The lowest BCUT2D eigenvalue weighted by Crippen LogP contribution is -2.26. The minimum Gasteiger partial charge on any atom is -0.370 e. The lowest BCUT2D eigenvalue weighted by Gasteiger charge is -2.23.